The first-order valence-electron chi connectivity index (χ1n) is 7.09. The van der Waals surface area contributed by atoms with Gasteiger partial charge in [0.25, 0.3) is 5.91 Å². The average molecular weight is 405 g/mol. The fourth-order valence-corrected chi connectivity index (χ4v) is 3.33. The fraction of sp³-hybridized carbons (Fsp3) is 0.188. The van der Waals surface area contributed by atoms with Crippen LogP contribution in [-0.4, -0.2) is 33.3 Å². The van der Waals surface area contributed by atoms with Crippen LogP contribution in [0.25, 0.3) is 0 Å². The van der Waals surface area contributed by atoms with E-state index in [1.54, 1.807) is 0 Å². The zero-order valence-corrected chi connectivity index (χ0v) is 15.7. The van der Waals surface area contributed by atoms with Gasteiger partial charge in [-0.1, -0.05) is 29.3 Å². The Labute approximate surface area is 155 Å². The summed E-state index contributed by atoms with van der Waals surface area (Å²) < 4.78 is 39.8. The van der Waals surface area contributed by atoms with E-state index in [2.05, 4.69) is 4.72 Å². The summed E-state index contributed by atoms with van der Waals surface area (Å²) in [5, 5.41) is 0.281. The summed E-state index contributed by atoms with van der Waals surface area (Å²) in [6.45, 7) is -0.0936. The maximum absolute atomic E-state index is 13.9. The molecule has 134 valence electrons. The molecule has 0 unspecified atom stereocenters. The molecule has 0 atom stereocenters. The first-order valence-corrected chi connectivity index (χ1v) is 9.32. The number of sulfonamides is 1. The number of halogens is 3. The maximum atomic E-state index is 13.9. The number of benzene rings is 2. The number of rotatable bonds is 5. The number of nitrogens with one attached hydrogen (secondary N) is 1. The van der Waals surface area contributed by atoms with Gasteiger partial charge >= 0.3 is 0 Å². The van der Waals surface area contributed by atoms with E-state index in [0.717, 1.165) is 0 Å². The lowest BCUT2D eigenvalue weighted by atomic mass is 10.1. The van der Waals surface area contributed by atoms with Crippen molar-refractivity contribution in [3.63, 3.8) is 0 Å². The van der Waals surface area contributed by atoms with E-state index < -0.39 is 21.7 Å². The summed E-state index contributed by atoms with van der Waals surface area (Å²) >= 11 is 12.0. The van der Waals surface area contributed by atoms with Gasteiger partial charge in [-0.2, -0.15) is 0 Å². The van der Waals surface area contributed by atoms with Crippen LogP contribution in [0.4, 0.5) is 4.39 Å². The third-order valence-corrected chi connectivity index (χ3v) is 5.65. The minimum Gasteiger partial charge on any atom is -0.337 e. The quantitative estimate of drug-likeness (QED) is 0.830. The van der Waals surface area contributed by atoms with Gasteiger partial charge in [-0.3, -0.25) is 4.79 Å². The van der Waals surface area contributed by atoms with Crippen LogP contribution < -0.4 is 4.72 Å². The number of hydrogen-bond donors (Lipinski definition) is 1. The molecule has 0 bridgehead atoms. The van der Waals surface area contributed by atoms with Gasteiger partial charge in [0, 0.05) is 24.2 Å². The smallest absolute Gasteiger partial charge is 0.255 e. The molecule has 1 amide bonds. The number of amides is 1. The van der Waals surface area contributed by atoms with Crippen molar-refractivity contribution < 1.29 is 17.6 Å². The normalized spacial score (nSPS) is 11.4. The van der Waals surface area contributed by atoms with Crippen LogP contribution in [-0.2, 0) is 16.6 Å². The van der Waals surface area contributed by atoms with E-state index in [-0.39, 0.29) is 32.6 Å². The highest BCUT2D eigenvalue weighted by atomic mass is 35.5. The summed E-state index contributed by atoms with van der Waals surface area (Å²) in [6, 6.07) is 8.02. The summed E-state index contributed by atoms with van der Waals surface area (Å²) in [4.78, 5) is 13.7. The SMILES string of the molecule is CNS(=O)(=O)c1ccc(Cl)c(C(=O)N(C)Cc2c(F)cccc2Cl)c1. The Morgan fingerprint density at radius 3 is 2.48 bits per heavy atom. The van der Waals surface area contributed by atoms with Crippen LogP contribution in [0.3, 0.4) is 0 Å². The Balaban J connectivity index is 2.35. The molecule has 0 aliphatic heterocycles. The van der Waals surface area contributed by atoms with Crippen LogP contribution in [0.15, 0.2) is 41.3 Å². The van der Waals surface area contributed by atoms with Gasteiger partial charge in [0.1, 0.15) is 5.82 Å². The standard InChI is InChI=1S/C16H15Cl2FN2O3S/c1-20-25(23,24)10-6-7-14(18)11(8-10)16(22)21(2)9-12-13(17)4-3-5-15(12)19/h3-8,20H,9H2,1-2H3. The lowest BCUT2D eigenvalue weighted by Crippen LogP contribution is -2.27. The summed E-state index contributed by atoms with van der Waals surface area (Å²) in [5.74, 6) is -1.10. The molecule has 0 heterocycles. The van der Waals surface area contributed by atoms with Gasteiger partial charge in [0.05, 0.1) is 15.5 Å². The molecule has 0 saturated carbocycles. The monoisotopic (exact) mass is 404 g/mol. The Morgan fingerprint density at radius 1 is 1.20 bits per heavy atom. The Bertz CT molecular complexity index is 899. The highest BCUT2D eigenvalue weighted by Crippen LogP contribution is 2.24. The molecule has 0 saturated heterocycles. The molecule has 25 heavy (non-hydrogen) atoms. The summed E-state index contributed by atoms with van der Waals surface area (Å²) in [5.41, 5.74) is 0.156. The lowest BCUT2D eigenvalue weighted by Gasteiger charge is -2.19. The van der Waals surface area contributed by atoms with Crippen molar-refractivity contribution in [3.05, 3.63) is 63.4 Å². The van der Waals surface area contributed by atoms with Crippen LogP contribution in [0, 0.1) is 5.82 Å². The third kappa shape index (κ3) is 4.30. The number of carbonyl (C=O) groups excluding carboxylic acids is 1. The van der Waals surface area contributed by atoms with Crippen molar-refractivity contribution in [1.29, 1.82) is 0 Å². The first-order chi connectivity index (χ1) is 11.7. The molecular formula is C16H15Cl2FN2O3S. The second-order valence-corrected chi connectivity index (χ2v) is 7.91. The molecule has 5 nitrogen and oxygen atoms in total. The van der Waals surface area contributed by atoms with Crippen molar-refractivity contribution in [2.24, 2.45) is 0 Å². The largest absolute Gasteiger partial charge is 0.337 e. The second kappa shape index (κ2) is 7.70. The van der Waals surface area contributed by atoms with E-state index in [1.165, 1.54) is 55.4 Å². The molecule has 2 rings (SSSR count). The predicted molar refractivity (Wildman–Crippen MR) is 94.9 cm³/mol. The second-order valence-electron chi connectivity index (χ2n) is 5.21. The third-order valence-electron chi connectivity index (χ3n) is 3.55. The predicted octanol–water partition coefficient (Wildman–Crippen LogP) is 3.31. The minimum absolute atomic E-state index is 0.00652. The Kier molecular flexibility index (Phi) is 6.05. The van der Waals surface area contributed by atoms with E-state index >= 15 is 0 Å². The molecule has 0 aromatic heterocycles. The van der Waals surface area contributed by atoms with Crippen LogP contribution >= 0.6 is 23.2 Å². The van der Waals surface area contributed by atoms with E-state index in [4.69, 9.17) is 23.2 Å². The molecule has 0 fully saturated rings. The topological polar surface area (TPSA) is 66.5 Å². The molecule has 1 N–H and O–H groups in total. The lowest BCUT2D eigenvalue weighted by molar-refractivity contribution is 0.0784. The van der Waals surface area contributed by atoms with Gasteiger partial charge in [-0.05, 0) is 37.4 Å². The average Bonchev–Trinajstić information content (AvgIpc) is 2.57. The van der Waals surface area contributed by atoms with Crippen molar-refractivity contribution in [1.82, 2.24) is 9.62 Å². The Hall–Kier alpha value is -1.67. The zero-order valence-electron chi connectivity index (χ0n) is 13.4. The molecule has 2 aromatic carbocycles. The van der Waals surface area contributed by atoms with Crippen molar-refractivity contribution in [2.75, 3.05) is 14.1 Å². The van der Waals surface area contributed by atoms with Gasteiger partial charge < -0.3 is 4.90 Å². The molecule has 0 aliphatic rings. The van der Waals surface area contributed by atoms with Gasteiger partial charge in [0.2, 0.25) is 10.0 Å². The maximum Gasteiger partial charge on any atom is 0.255 e. The Morgan fingerprint density at radius 2 is 1.88 bits per heavy atom. The molecule has 2 aromatic rings. The molecular weight excluding hydrogens is 390 g/mol. The van der Waals surface area contributed by atoms with Crippen molar-refractivity contribution in [3.8, 4) is 0 Å². The highest BCUT2D eigenvalue weighted by molar-refractivity contribution is 7.89. The van der Waals surface area contributed by atoms with Crippen LogP contribution in [0.1, 0.15) is 15.9 Å². The van der Waals surface area contributed by atoms with Crippen LogP contribution in [0.5, 0.6) is 0 Å². The number of carbonyl (C=O) groups is 1. The number of hydrogen-bond acceptors (Lipinski definition) is 3. The van der Waals surface area contributed by atoms with Gasteiger partial charge in [0.15, 0.2) is 0 Å². The van der Waals surface area contributed by atoms with Gasteiger partial charge in [-0.15, -0.1) is 0 Å². The number of nitrogens with zero attached hydrogens (tertiary/aromatic N) is 1. The van der Waals surface area contributed by atoms with E-state index in [1.807, 2.05) is 0 Å². The first kappa shape index (κ1) is 19.7. The summed E-state index contributed by atoms with van der Waals surface area (Å²) in [7, 11) is -1.02. The van der Waals surface area contributed by atoms with Crippen LogP contribution in [0.2, 0.25) is 10.0 Å². The fourth-order valence-electron chi connectivity index (χ4n) is 2.15. The zero-order chi connectivity index (χ0) is 18.8. The molecule has 0 radical (unpaired) electrons. The molecule has 9 heteroatoms. The molecule has 0 aliphatic carbocycles. The van der Waals surface area contributed by atoms with E-state index in [0.29, 0.717) is 0 Å². The highest BCUT2D eigenvalue weighted by Gasteiger charge is 2.21. The minimum atomic E-state index is -3.73. The summed E-state index contributed by atoms with van der Waals surface area (Å²) in [6.07, 6.45) is 0. The van der Waals surface area contributed by atoms with Crippen molar-refractivity contribution in [2.45, 2.75) is 11.4 Å². The molecule has 0 spiro atoms. The van der Waals surface area contributed by atoms with Crippen molar-refractivity contribution >= 4 is 39.1 Å². The van der Waals surface area contributed by atoms with Gasteiger partial charge in [-0.25, -0.2) is 17.5 Å². The van der Waals surface area contributed by atoms with E-state index in [9.17, 15) is 17.6 Å².